The number of hydrogen-bond acceptors (Lipinski definition) is 3. The first kappa shape index (κ1) is 8.20. The molecule has 5 N–H and O–H groups in total. The summed E-state index contributed by atoms with van der Waals surface area (Å²) in [4.78, 5) is 0. The molecule has 3 heteroatoms. The van der Waals surface area contributed by atoms with Gasteiger partial charge in [-0.25, -0.2) is 0 Å². The van der Waals surface area contributed by atoms with Gasteiger partial charge in [-0.1, -0.05) is 30.3 Å². The van der Waals surface area contributed by atoms with Gasteiger partial charge < -0.3 is 16.6 Å². The molecular weight excluding hydrogens is 140 g/mol. The summed E-state index contributed by atoms with van der Waals surface area (Å²) in [7, 11) is 0. The Morgan fingerprint density at radius 3 is 2.18 bits per heavy atom. The lowest BCUT2D eigenvalue weighted by Gasteiger charge is -2.21. The number of nitrogens with two attached hydrogens (primary N) is 2. The number of aliphatic hydroxyl groups is 1. The van der Waals surface area contributed by atoms with E-state index in [9.17, 15) is 0 Å². The minimum Gasteiger partial charge on any atom is -0.393 e. The molecule has 0 unspecified atom stereocenters. The van der Waals surface area contributed by atoms with Crippen molar-refractivity contribution in [2.24, 2.45) is 11.5 Å². The number of aliphatic hydroxyl groups excluding tert-OH is 1. The van der Waals surface area contributed by atoms with Gasteiger partial charge in [0.25, 0.3) is 0 Å². The Kier molecular flexibility index (Phi) is 2.24. The molecule has 0 aliphatic heterocycles. The summed E-state index contributed by atoms with van der Waals surface area (Å²) in [5.74, 6) is 0. The Balaban J connectivity index is 2.93. The van der Waals surface area contributed by atoms with Crippen molar-refractivity contribution in [3.63, 3.8) is 0 Å². The minimum atomic E-state index is -1.11. The number of benzene rings is 1. The maximum Gasteiger partial charge on any atom is 0.114 e. The smallest absolute Gasteiger partial charge is 0.114 e. The van der Waals surface area contributed by atoms with Crippen molar-refractivity contribution in [1.29, 1.82) is 0 Å². The molecule has 60 valence electrons. The fourth-order valence-electron chi connectivity index (χ4n) is 0.840. The Bertz CT molecular complexity index is 221. The monoisotopic (exact) mass is 152 g/mol. The van der Waals surface area contributed by atoms with E-state index in [1.54, 1.807) is 12.1 Å². The van der Waals surface area contributed by atoms with Crippen molar-refractivity contribution in [1.82, 2.24) is 0 Å². The quantitative estimate of drug-likeness (QED) is 0.512. The van der Waals surface area contributed by atoms with Crippen LogP contribution in [0.4, 0.5) is 0 Å². The van der Waals surface area contributed by atoms with Crippen LogP contribution in [0.15, 0.2) is 30.3 Å². The largest absolute Gasteiger partial charge is 0.393 e. The summed E-state index contributed by atoms with van der Waals surface area (Å²) in [5.41, 5.74) is 10.8. The minimum absolute atomic E-state index is 0.253. The van der Waals surface area contributed by atoms with Crippen LogP contribution in [0, 0.1) is 0 Å². The van der Waals surface area contributed by atoms with Crippen molar-refractivity contribution >= 4 is 0 Å². The van der Waals surface area contributed by atoms with E-state index in [0.717, 1.165) is 5.56 Å². The molecule has 0 heterocycles. The summed E-state index contributed by atoms with van der Waals surface area (Å²) in [6.45, 7) is -0.253. The first-order valence-corrected chi connectivity index (χ1v) is 3.41. The van der Waals surface area contributed by atoms with Gasteiger partial charge in [-0.3, -0.25) is 0 Å². The van der Waals surface area contributed by atoms with Crippen LogP contribution in [0.25, 0.3) is 0 Å². The molecule has 0 atom stereocenters. The van der Waals surface area contributed by atoms with Crippen LogP contribution in [0.1, 0.15) is 5.56 Å². The molecule has 0 saturated heterocycles. The van der Waals surface area contributed by atoms with Crippen molar-refractivity contribution in [3.05, 3.63) is 35.9 Å². The topological polar surface area (TPSA) is 72.3 Å². The van der Waals surface area contributed by atoms with Crippen LogP contribution >= 0.6 is 0 Å². The second-order valence-electron chi connectivity index (χ2n) is 2.56. The molecule has 0 radical (unpaired) electrons. The lowest BCUT2D eigenvalue weighted by molar-refractivity contribution is 0.201. The van der Waals surface area contributed by atoms with Gasteiger partial charge in [-0.05, 0) is 5.56 Å². The van der Waals surface area contributed by atoms with Crippen LogP contribution in [0.3, 0.4) is 0 Å². The van der Waals surface area contributed by atoms with E-state index in [0.29, 0.717) is 0 Å². The first-order chi connectivity index (χ1) is 5.17. The Hall–Kier alpha value is -0.900. The summed E-state index contributed by atoms with van der Waals surface area (Å²) >= 11 is 0. The van der Waals surface area contributed by atoms with Gasteiger partial charge in [-0.15, -0.1) is 0 Å². The number of hydrogen-bond donors (Lipinski definition) is 3. The lowest BCUT2D eigenvalue weighted by Crippen LogP contribution is -2.49. The standard InChI is InChI=1S/C8H12N2O/c9-8(10,6-11)7-4-2-1-3-5-7/h1-5,11H,6,9-10H2. The SMILES string of the molecule is NC(N)(CO)c1ccccc1. The average Bonchev–Trinajstić information content (AvgIpc) is 2.06. The van der Waals surface area contributed by atoms with Gasteiger partial charge in [0.2, 0.25) is 0 Å². The molecule has 1 rings (SSSR count). The molecule has 0 amide bonds. The molecule has 0 fully saturated rings. The van der Waals surface area contributed by atoms with Gasteiger partial charge in [0.1, 0.15) is 5.66 Å². The van der Waals surface area contributed by atoms with Crippen molar-refractivity contribution in [3.8, 4) is 0 Å². The van der Waals surface area contributed by atoms with Crippen LogP contribution < -0.4 is 11.5 Å². The van der Waals surface area contributed by atoms with Crippen LogP contribution in [-0.4, -0.2) is 11.7 Å². The third kappa shape index (κ3) is 1.77. The predicted molar refractivity (Wildman–Crippen MR) is 43.6 cm³/mol. The van der Waals surface area contributed by atoms with Gasteiger partial charge in [0, 0.05) is 0 Å². The highest BCUT2D eigenvalue weighted by molar-refractivity contribution is 5.22. The number of rotatable bonds is 2. The van der Waals surface area contributed by atoms with Gasteiger partial charge in [0.05, 0.1) is 6.61 Å². The van der Waals surface area contributed by atoms with E-state index >= 15 is 0 Å². The van der Waals surface area contributed by atoms with E-state index in [4.69, 9.17) is 16.6 Å². The first-order valence-electron chi connectivity index (χ1n) is 3.41. The maximum absolute atomic E-state index is 8.80. The fourth-order valence-corrected chi connectivity index (χ4v) is 0.840. The van der Waals surface area contributed by atoms with Gasteiger partial charge in [0.15, 0.2) is 0 Å². The molecule has 0 spiro atoms. The molecule has 0 saturated carbocycles. The second-order valence-corrected chi connectivity index (χ2v) is 2.56. The molecule has 3 nitrogen and oxygen atoms in total. The third-order valence-electron chi connectivity index (χ3n) is 1.57. The van der Waals surface area contributed by atoms with Crippen LogP contribution in [0.2, 0.25) is 0 Å². The zero-order valence-corrected chi connectivity index (χ0v) is 6.20. The lowest BCUT2D eigenvalue weighted by atomic mass is 10.0. The molecule has 0 aliphatic carbocycles. The third-order valence-corrected chi connectivity index (χ3v) is 1.57. The zero-order chi connectivity index (χ0) is 8.32. The highest BCUT2D eigenvalue weighted by atomic mass is 16.3. The van der Waals surface area contributed by atoms with Gasteiger partial charge in [-0.2, -0.15) is 0 Å². The average molecular weight is 152 g/mol. The van der Waals surface area contributed by atoms with Gasteiger partial charge >= 0.3 is 0 Å². The molecule has 1 aromatic rings. The van der Waals surface area contributed by atoms with Crippen LogP contribution in [0.5, 0.6) is 0 Å². The van der Waals surface area contributed by atoms with E-state index in [2.05, 4.69) is 0 Å². The van der Waals surface area contributed by atoms with Crippen molar-refractivity contribution in [2.45, 2.75) is 5.66 Å². The Morgan fingerprint density at radius 1 is 1.18 bits per heavy atom. The summed E-state index contributed by atoms with van der Waals surface area (Å²) < 4.78 is 0. The summed E-state index contributed by atoms with van der Waals surface area (Å²) in [5, 5.41) is 8.80. The molecule has 11 heavy (non-hydrogen) atoms. The summed E-state index contributed by atoms with van der Waals surface area (Å²) in [6.07, 6.45) is 0. The molecule has 1 aromatic carbocycles. The highest BCUT2D eigenvalue weighted by Gasteiger charge is 2.19. The van der Waals surface area contributed by atoms with E-state index < -0.39 is 5.66 Å². The highest BCUT2D eigenvalue weighted by Crippen LogP contribution is 2.09. The molecule has 0 bridgehead atoms. The maximum atomic E-state index is 8.80. The van der Waals surface area contributed by atoms with Crippen molar-refractivity contribution in [2.75, 3.05) is 6.61 Å². The Morgan fingerprint density at radius 2 is 1.73 bits per heavy atom. The van der Waals surface area contributed by atoms with Crippen molar-refractivity contribution < 1.29 is 5.11 Å². The zero-order valence-electron chi connectivity index (χ0n) is 6.20. The van der Waals surface area contributed by atoms with E-state index in [1.807, 2.05) is 18.2 Å². The predicted octanol–water partition coefficient (Wildman–Crippen LogP) is -0.251. The summed E-state index contributed by atoms with van der Waals surface area (Å²) in [6, 6.07) is 9.11. The van der Waals surface area contributed by atoms with Crippen LogP contribution in [-0.2, 0) is 5.66 Å². The Labute approximate surface area is 65.6 Å². The molecule has 0 aromatic heterocycles. The van der Waals surface area contributed by atoms with E-state index in [-0.39, 0.29) is 6.61 Å². The molecular formula is C8H12N2O. The normalized spacial score (nSPS) is 11.5. The van der Waals surface area contributed by atoms with E-state index in [1.165, 1.54) is 0 Å². The fraction of sp³-hybridized carbons (Fsp3) is 0.250. The second kappa shape index (κ2) is 3.00. The molecule has 0 aliphatic rings.